The number of rotatable bonds is 6. The largest absolute Gasteiger partial charge is 0.312 e. The van der Waals surface area contributed by atoms with E-state index in [2.05, 4.69) is 55.2 Å². The van der Waals surface area contributed by atoms with Crippen LogP contribution in [0.15, 0.2) is 29.2 Å². The van der Waals surface area contributed by atoms with E-state index < -0.39 is 0 Å². The monoisotopic (exact) mass is 291 g/mol. The van der Waals surface area contributed by atoms with Crippen molar-refractivity contribution in [2.45, 2.75) is 69.1 Å². The average molecular weight is 292 g/mol. The van der Waals surface area contributed by atoms with Crippen LogP contribution in [0.2, 0.25) is 0 Å². The fourth-order valence-electron chi connectivity index (χ4n) is 2.74. The minimum absolute atomic E-state index is 0.722. The van der Waals surface area contributed by atoms with Crippen molar-refractivity contribution in [3.05, 3.63) is 29.8 Å². The molecule has 0 atom stereocenters. The van der Waals surface area contributed by atoms with Crippen LogP contribution in [0, 0.1) is 5.92 Å². The Kier molecular flexibility index (Phi) is 6.95. The van der Waals surface area contributed by atoms with E-state index in [-0.39, 0.29) is 0 Å². The van der Waals surface area contributed by atoms with Crippen LogP contribution in [-0.2, 0) is 6.54 Å². The van der Waals surface area contributed by atoms with Crippen molar-refractivity contribution in [2.24, 2.45) is 5.92 Å². The first-order chi connectivity index (χ1) is 9.74. The second kappa shape index (κ2) is 8.74. The van der Waals surface area contributed by atoms with E-state index in [1.807, 2.05) is 0 Å². The van der Waals surface area contributed by atoms with Crippen molar-refractivity contribution < 1.29 is 0 Å². The van der Waals surface area contributed by atoms with Gasteiger partial charge in [0.1, 0.15) is 0 Å². The zero-order chi connectivity index (χ0) is 14.2. The van der Waals surface area contributed by atoms with Gasteiger partial charge in [-0.15, -0.1) is 11.8 Å². The summed E-state index contributed by atoms with van der Waals surface area (Å²) in [5, 5.41) is 4.35. The van der Waals surface area contributed by atoms with Gasteiger partial charge < -0.3 is 5.32 Å². The molecule has 0 aliphatic heterocycles. The third-order valence-corrected chi connectivity index (χ3v) is 5.26. The maximum Gasteiger partial charge on any atom is 0.0205 e. The summed E-state index contributed by atoms with van der Waals surface area (Å²) in [5.41, 5.74) is 1.40. The molecule has 0 radical (unpaired) electrons. The normalized spacial score (nSPS) is 17.4. The molecule has 1 aliphatic carbocycles. The van der Waals surface area contributed by atoms with Crippen molar-refractivity contribution in [2.75, 3.05) is 6.54 Å². The highest BCUT2D eigenvalue weighted by Gasteiger charge is 2.13. The summed E-state index contributed by atoms with van der Waals surface area (Å²) >= 11 is 2.09. The fraction of sp³-hybridized carbons (Fsp3) is 0.667. The lowest BCUT2D eigenvalue weighted by molar-refractivity contribution is 0.552. The Bertz CT molecular complexity index is 364. The number of hydrogen-bond donors (Lipinski definition) is 1. The zero-order valence-corrected chi connectivity index (χ0v) is 13.8. The highest BCUT2D eigenvalue weighted by atomic mass is 32.2. The molecule has 0 aromatic heterocycles. The van der Waals surface area contributed by atoms with E-state index in [9.17, 15) is 0 Å². The van der Waals surface area contributed by atoms with Crippen LogP contribution in [0.1, 0.15) is 57.9 Å². The van der Waals surface area contributed by atoms with Crippen LogP contribution < -0.4 is 5.32 Å². The van der Waals surface area contributed by atoms with Crippen molar-refractivity contribution in [3.63, 3.8) is 0 Å². The predicted molar refractivity (Wildman–Crippen MR) is 90.3 cm³/mol. The van der Waals surface area contributed by atoms with Crippen LogP contribution in [0.4, 0.5) is 0 Å². The van der Waals surface area contributed by atoms with Crippen LogP contribution in [-0.4, -0.2) is 11.8 Å². The zero-order valence-electron chi connectivity index (χ0n) is 13.0. The fourth-order valence-corrected chi connectivity index (χ4v) is 3.99. The van der Waals surface area contributed by atoms with E-state index in [1.54, 1.807) is 0 Å². The Morgan fingerprint density at radius 3 is 2.30 bits per heavy atom. The molecule has 1 aliphatic rings. The van der Waals surface area contributed by atoms with Gasteiger partial charge in [-0.2, -0.15) is 0 Å². The first-order valence-corrected chi connectivity index (χ1v) is 9.08. The minimum Gasteiger partial charge on any atom is -0.312 e. The highest BCUT2D eigenvalue weighted by Crippen LogP contribution is 2.32. The van der Waals surface area contributed by atoms with Gasteiger partial charge in [-0.3, -0.25) is 0 Å². The summed E-state index contributed by atoms with van der Waals surface area (Å²) in [6, 6.07) is 9.18. The number of thioether (sulfide) groups is 1. The summed E-state index contributed by atoms with van der Waals surface area (Å²) in [6.07, 6.45) is 8.55. The number of benzene rings is 1. The van der Waals surface area contributed by atoms with Gasteiger partial charge in [0.05, 0.1) is 0 Å². The molecule has 0 spiro atoms. The van der Waals surface area contributed by atoms with Gasteiger partial charge in [0, 0.05) is 16.7 Å². The Hall–Kier alpha value is -0.470. The molecule has 2 rings (SSSR count). The molecular weight excluding hydrogens is 262 g/mol. The quantitative estimate of drug-likeness (QED) is 0.719. The van der Waals surface area contributed by atoms with Gasteiger partial charge in [-0.25, -0.2) is 0 Å². The number of nitrogens with one attached hydrogen (secondary N) is 1. The number of hydrogen-bond acceptors (Lipinski definition) is 2. The molecule has 0 bridgehead atoms. The maximum absolute atomic E-state index is 3.50. The summed E-state index contributed by atoms with van der Waals surface area (Å²) < 4.78 is 0. The molecule has 112 valence electrons. The van der Waals surface area contributed by atoms with E-state index in [4.69, 9.17) is 0 Å². The summed E-state index contributed by atoms with van der Waals surface area (Å²) in [7, 11) is 0. The van der Waals surface area contributed by atoms with E-state index in [0.29, 0.717) is 0 Å². The summed E-state index contributed by atoms with van der Waals surface area (Å²) in [4.78, 5) is 1.45. The summed E-state index contributed by atoms with van der Waals surface area (Å²) in [6.45, 7) is 6.59. The molecule has 0 heterocycles. The van der Waals surface area contributed by atoms with Crippen molar-refractivity contribution in [3.8, 4) is 0 Å². The van der Waals surface area contributed by atoms with Crippen LogP contribution in [0.25, 0.3) is 0 Å². The second-order valence-corrected chi connectivity index (χ2v) is 7.77. The first kappa shape index (κ1) is 15.9. The van der Waals surface area contributed by atoms with Gasteiger partial charge in [-0.1, -0.05) is 51.7 Å². The van der Waals surface area contributed by atoms with E-state index in [1.165, 1.54) is 49.0 Å². The van der Waals surface area contributed by atoms with Crippen LogP contribution in [0.5, 0.6) is 0 Å². The third-order valence-electron chi connectivity index (χ3n) is 3.91. The smallest absolute Gasteiger partial charge is 0.0205 e. The van der Waals surface area contributed by atoms with Crippen molar-refractivity contribution in [1.29, 1.82) is 0 Å². The van der Waals surface area contributed by atoms with Gasteiger partial charge in [0.25, 0.3) is 0 Å². The Morgan fingerprint density at radius 1 is 1.05 bits per heavy atom. The lowest BCUT2D eigenvalue weighted by Gasteiger charge is -2.14. The lowest BCUT2D eigenvalue weighted by Crippen LogP contribution is -2.18. The minimum atomic E-state index is 0.722. The molecule has 2 heteroatoms. The topological polar surface area (TPSA) is 12.0 Å². The molecule has 0 unspecified atom stereocenters. The molecule has 1 nitrogen and oxygen atoms in total. The third kappa shape index (κ3) is 5.88. The molecule has 1 fully saturated rings. The maximum atomic E-state index is 3.50. The van der Waals surface area contributed by atoms with Gasteiger partial charge in [-0.05, 0) is 43.0 Å². The Balaban J connectivity index is 1.78. The van der Waals surface area contributed by atoms with E-state index >= 15 is 0 Å². The Labute approximate surface area is 128 Å². The standard InChI is InChI=1S/C18H29NS/c1-15(2)13-19-14-16-9-11-18(12-10-16)20-17-7-5-3-4-6-8-17/h9-12,15,17,19H,3-8,13-14H2,1-2H3. The molecule has 0 amide bonds. The van der Waals surface area contributed by atoms with Crippen LogP contribution >= 0.6 is 11.8 Å². The van der Waals surface area contributed by atoms with E-state index in [0.717, 1.165) is 24.3 Å². The molecule has 1 N–H and O–H groups in total. The molecule has 0 saturated heterocycles. The SMILES string of the molecule is CC(C)CNCc1ccc(SC2CCCCCC2)cc1. The van der Waals surface area contributed by atoms with Gasteiger partial charge >= 0.3 is 0 Å². The molecule has 1 aromatic rings. The second-order valence-electron chi connectivity index (χ2n) is 6.40. The van der Waals surface area contributed by atoms with Crippen molar-refractivity contribution >= 4 is 11.8 Å². The van der Waals surface area contributed by atoms with Gasteiger partial charge in [0.15, 0.2) is 0 Å². The average Bonchev–Trinajstić information content (AvgIpc) is 2.69. The highest BCUT2D eigenvalue weighted by molar-refractivity contribution is 8.00. The Morgan fingerprint density at radius 2 is 1.70 bits per heavy atom. The molecule has 1 saturated carbocycles. The first-order valence-electron chi connectivity index (χ1n) is 8.20. The summed E-state index contributed by atoms with van der Waals surface area (Å²) in [5.74, 6) is 0.722. The lowest BCUT2D eigenvalue weighted by atomic mass is 10.2. The van der Waals surface area contributed by atoms with Crippen molar-refractivity contribution in [1.82, 2.24) is 5.32 Å². The molecule has 1 aromatic carbocycles. The predicted octanol–water partition coefficient (Wildman–Crippen LogP) is 5.25. The molecular formula is C18H29NS. The van der Waals surface area contributed by atoms with Crippen LogP contribution in [0.3, 0.4) is 0 Å². The molecule has 20 heavy (non-hydrogen) atoms. The van der Waals surface area contributed by atoms with Gasteiger partial charge in [0.2, 0.25) is 0 Å².